The molecule has 0 aliphatic carbocycles. The second-order valence-electron chi connectivity index (χ2n) is 3.72. The molecule has 5 nitrogen and oxygen atoms in total. The fourth-order valence-electron chi connectivity index (χ4n) is 1.04. The molecule has 98 valence electrons. The van der Waals surface area contributed by atoms with Crippen molar-refractivity contribution in [3.63, 3.8) is 0 Å². The first-order valence-corrected chi connectivity index (χ1v) is 5.75. The lowest BCUT2D eigenvalue weighted by molar-refractivity contribution is -0.147. The minimum Gasteiger partial charge on any atom is -0.462 e. The summed E-state index contributed by atoms with van der Waals surface area (Å²) in [5, 5.41) is 0. The Morgan fingerprint density at radius 2 is 1.71 bits per heavy atom. The molecule has 0 amide bonds. The lowest BCUT2D eigenvalue weighted by atomic mass is 10.3. The van der Waals surface area contributed by atoms with Gasteiger partial charge in [-0.15, -0.1) is 0 Å². The topological polar surface area (TPSA) is 55.8 Å². The third-order valence-electron chi connectivity index (χ3n) is 1.83. The van der Waals surface area contributed by atoms with Gasteiger partial charge in [0.15, 0.2) is 5.57 Å². The number of hydrogen-bond donors (Lipinski definition) is 0. The van der Waals surface area contributed by atoms with Crippen molar-refractivity contribution in [3.8, 4) is 0 Å². The zero-order valence-electron chi connectivity index (χ0n) is 11.0. The van der Waals surface area contributed by atoms with Gasteiger partial charge in [0.1, 0.15) is 0 Å². The number of hydrogen-bond acceptors (Lipinski definition) is 5. The summed E-state index contributed by atoms with van der Waals surface area (Å²) in [6.07, 6.45) is 3.12. The lowest BCUT2D eigenvalue weighted by Gasteiger charge is -2.10. The van der Waals surface area contributed by atoms with Crippen LogP contribution in [0.3, 0.4) is 0 Å². The Bertz CT molecular complexity index is 284. The van der Waals surface area contributed by atoms with Crippen LogP contribution < -0.4 is 0 Å². The van der Waals surface area contributed by atoms with E-state index in [-0.39, 0.29) is 12.2 Å². The van der Waals surface area contributed by atoms with Crippen LogP contribution in [0, 0.1) is 0 Å². The number of ether oxygens (including phenoxy) is 2. The van der Waals surface area contributed by atoms with Crippen molar-refractivity contribution in [2.45, 2.75) is 26.7 Å². The summed E-state index contributed by atoms with van der Waals surface area (Å²) in [7, 11) is 3.44. The molecule has 0 fully saturated rings. The molecule has 0 aliphatic heterocycles. The number of nitrogens with zero attached hydrogens (tertiary/aromatic N) is 1. The third-order valence-corrected chi connectivity index (χ3v) is 1.83. The molecule has 0 N–H and O–H groups in total. The van der Waals surface area contributed by atoms with Gasteiger partial charge in [-0.3, -0.25) is 0 Å². The minimum atomic E-state index is -0.650. The quantitative estimate of drug-likeness (QED) is 0.222. The molecule has 0 aromatic carbocycles. The predicted octanol–water partition coefficient (Wildman–Crippen LogP) is 1.34. The van der Waals surface area contributed by atoms with Crippen LogP contribution in [-0.4, -0.2) is 44.1 Å². The molecule has 0 heterocycles. The highest BCUT2D eigenvalue weighted by molar-refractivity contribution is 6.13. The average molecular weight is 243 g/mol. The fourth-order valence-corrected chi connectivity index (χ4v) is 1.04. The standard InChI is InChI=1S/C12H21NO4/c1-5-7-8-17-12(15)10(9-13(3)4)11(14)16-6-2/h9H,5-8H2,1-4H3/b10-9+. The van der Waals surface area contributed by atoms with E-state index in [1.165, 1.54) is 6.20 Å². The van der Waals surface area contributed by atoms with Gasteiger partial charge < -0.3 is 14.4 Å². The van der Waals surface area contributed by atoms with E-state index >= 15 is 0 Å². The van der Waals surface area contributed by atoms with Gasteiger partial charge in [-0.1, -0.05) is 13.3 Å². The molecule has 0 radical (unpaired) electrons. The maximum absolute atomic E-state index is 11.7. The Morgan fingerprint density at radius 3 is 2.18 bits per heavy atom. The zero-order chi connectivity index (χ0) is 13.3. The van der Waals surface area contributed by atoms with E-state index in [4.69, 9.17) is 9.47 Å². The third kappa shape index (κ3) is 6.60. The van der Waals surface area contributed by atoms with E-state index in [1.807, 2.05) is 6.92 Å². The number of rotatable bonds is 7. The van der Waals surface area contributed by atoms with Crippen LogP contribution >= 0.6 is 0 Å². The van der Waals surface area contributed by atoms with Crippen molar-refractivity contribution >= 4 is 11.9 Å². The maximum atomic E-state index is 11.7. The van der Waals surface area contributed by atoms with Crippen molar-refractivity contribution < 1.29 is 19.1 Å². The molecule has 0 saturated heterocycles. The summed E-state index contributed by atoms with van der Waals surface area (Å²) in [5.41, 5.74) is -0.0760. The highest BCUT2D eigenvalue weighted by Crippen LogP contribution is 2.04. The molecule has 0 rings (SSSR count). The van der Waals surface area contributed by atoms with Crippen LogP contribution in [0.25, 0.3) is 0 Å². The molecular formula is C12H21NO4. The summed E-state index contributed by atoms with van der Waals surface area (Å²) in [5.74, 6) is -1.28. The van der Waals surface area contributed by atoms with Crippen LogP contribution in [0.4, 0.5) is 0 Å². The highest BCUT2D eigenvalue weighted by atomic mass is 16.6. The second-order valence-corrected chi connectivity index (χ2v) is 3.72. The van der Waals surface area contributed by atoms with Gasteiger partial charge in [0.25, 0.3) is 0 Å². The van der Waals surface area contributed by atoms with Crippen molar-refractivity contribution in [3.05, 3.63) is 11.8 Å². The van der Waals surface area contributed by atoms with E-state index < -0.39 is 11.9 Å². The maximum Gasteiger partial charge on any atom is 0.347 e. The summed E-state index contributed by atoms with van der Waals surface area (Å²) < 4.78 is 9.78. The summed E-state index contributed by atoms with van der Waals surface area (Å²) >= 11 is 0. The Labute approximate surface area is 102 Å². The largest absolute Gasteiger partial charge is 0.462 e. The van der Waals surface area contributed by atoms with E-state index in [0.29, 0.717) is 6.61 Å². The molecule has 0 aliphatic rings. The normalized spacial score (nSPS) is 10.9. The fraction of sp³-hybridized carbons (Fsp3) is 0.667. The van der Waals surface area contributed by atoms with Gasteiger partial charge in [-0.2, -0.15) is 0 Å². The predicted molar refractivity (Wildman–Crippen MR) is 64.3 cm³/mol. The first kappa shape index (κ1) is 15.5. The highest BCUT2D eigenvalue weighted by Gasteiger charge is 2.21. The van der Waals surface area contributed by atoms with Crippen LogP contribution in [0.2, 0.25) is 0 Å². The van der Waals surface area contributed by atoms with Gasteiger partial charge in [0, 0.05) is 20.3 Å². The van der Waals surface area contributed by atoms with E-state index in [9.17, 15) is 9.59 Å². The zero-order valence-corrected chi connectivity index (χ0v) is 11.0. The number of carbonyl (C=O) groups is 2. The van der Waals surface area contributed by atoms with Gasteiger partial charge in [-0.25, -0.2) is 9.59 Å². The number of carbonyl (C=O) groups excluding carboxylic acids is 2. The van der Waals surface area contributed by atoms with Crippen LogP contribution in [0.5, 0.6) is 0 Å². The molecule has 0 saturated carbocycles. The molecule has 0 spiro atoms. The SMILES string of the molecule is CCCCOC(=O)/C(=C/N(C)C)C(=O)OCC. The van der Waals surface area contributed by atoms with Crippen molar-refractivity contribution in [2.24, 2.45) is 0 Å². The second kappa shape index (κ2) is 8.61. The van der Waals surface area contributed by atoms with Crippen molar-refractivity contribution in [2.75, 3.05) is 27.3 Å². The molecule has 5 heteroatoms. The van der Waals surface area contributed by atoms with Gasteiger partial charge in [0.2, 0.25) is 0 Å². The lowest BCUT2D eigenvalue weighted by Crippen LogP contribution is -2.21. The van der Waals surface area contributed by atoms with E-state index in [1.54, 1.807) is 25.9 Å². The van der Waals surface area contributed by atoms with Crippen LogP contribution in [0.15, 0.2) is 11.8 Å². The smallest absolute Gasteiger partial charge is 0.347 e. The summed E-state index contributed by atoms with van der Waals surface area (Å²) in [6, 6.07) is 0. The minimum absolute atomic E-state index is 0.0760. The summed E-state index contributed by atoms with van der Waals surface area (Å²) in [6.45, 7) is 4.23. The molecular weight excluding hydrogens is 222 g/mol. The molecule has 0 unspecified atom stereocenters. The molecule has 17 heavy (non-hydrogen) atoms. The Morgan fingerprint density at radius 1 is 1.12 bits per heavy atom. The van der Waals surface area contributed by atoms with Gasteiger partial charge in [-0.05, 0) is 13.3 Å². The molecule has 0 aromatic rings. The first-order valence-electron chi connectivity index (χ1n) is 5.75. The first-order chi connectivity index (χ1) is 8.02. The molecule has 0 bridgehead atoms. The van der Waals surface area contributed by atoms with Gasteiger partial charge >= 0.3 is 11.9 Å². The molecule has 0 atom stereocenters. The molecule has 0 aromatic heterocycles. The Balaban J connectivity index is 4.58. The van der Waals surface area contributed by atoms with E-state index in [0.717, 1.165) is 12.8 Å². The Hall–Kier alpha value is -1.52. The van der Waals surface area contributed by atoms with Crippen molar-refractivity contribution in [1.29, 1.82) is 0 Å². The Kier molecular flexibility index (Phi) is 7.84. The van der Waals surface area contributed by atoms with Crippen LogP contribution in [0.1, 0.15) is 26.7 Å². The monoisotopic (exact) mass is 243 g/mol. The van der Waals surface area contributed by atoms with Crippen molar-refractivity contribution in [1.82, 2.24) is 4.90 Å². The number of esters is 2. The van der Waals surface area contributed by atoms with Gasteiger partial charge in [0.05, 0.1) is 13.2 Å². The number of unbranched alkanes of at least 4 members (excludes halogenated alkanes) is 1. The van der Waals surface area contributed by atoms with Crippen LogP contribution in [-0.2, 0) is 19.1 Å². The summed E-state index contributed by atoms with van der Waals surface area (Å²) in [4.78, 5) is 24.8. The van der Waals surface area contributed by atoms with E-state index in [2.05, 4.69) is 0 Å². The average Bonchev–Trinajstić information content (AvgIpc) is 2.26.